The van der Waals surface area contributed by atoms with Gasteiger partial charge in [0.25, 0.3) is 0 Å². The normalized spacial score (nSPS) is 12.6. The molecule has 0 spiro atoms. The molecule has 5 heteroatoms. The molecule has 0 unspecified atom stereocenters. The van der Waals surface area contributed by atoms with Crippen molar-refractivity contribution >= 4 is 11.7 Å². The number of aliphatic hydroxyl groups excluding tert-OH is 1. The van der Waals surface area contributed by atoms with Crippen molar-refractivity contribution in [3.05, 3.63) is 53.2 Å². The van der Waals surface area contributed by atoms with E-state index in [9.17, 15) is 9.90 Å². The molecule has 1 aliphatic rings. The molecule has 5 nitrogen and oxygen atoms in total. The minimum Gasteiger partial charge on any atom is -0.493 e. The smallest absolute Gasteiger partial charge is 0.229 e. The van der Waals surface area contributed by atoms with Crippen LogP contribution in [0, 0.1) is 0 Å². The zero-order valence-corrected chi connectivity index (χ0v) is 11.5. The number of aliphatic hydroxyl groups is 1. The van der Waals surface area contributed by atoms with Gasteiger partial charge in [0.15, 0.2) is 0 Å². The molecule has 2 aromatic rings. The van der Waals surface area contributed by atoms with Crippen molar-refractivity contribution < 1.29 is 14.6 Å². The molecule has 0 saturated carbocycles. The number of rotatable bonds is 4. The Morgan fingerprint density at radius 2 is 2.29 bits per heavy atom. The van der Waals surface area contributed by atoms with E-state index in [1.807, 2.05) is 18.2 Å². The summed E-state index contributed by atoms with van der Waals surface area (Å²) in [5.41, 5.74) is 2.70. The summed E-state index contributed by atoms with van der Waals surface area (Å²) in [7, 11) is 0. The molecule has 1 amide bonds. The third kappa shape index (κ3) is 3.03. The number of benzene rings is 1. The van der Waals surface area contributed by atoms with Gasteiger partial charge in [-0.15, -0.1) is 0 Å². The summed E-state index contributed by atoms with van der Waals surface area (Å²) < 4.78 is 5.45. The average molecular weight is 284 g/mol. The number of ether oxygens (including phenoxy) is 1. The SMILES string of the molecule is O=C(Cc1ccc2c(c1)CCO2)Nc1ncccc1CO. The fourth-order valence-corrected chi connectivity index (χ4v) is 2.39. The van der Waals surface area contributed by atoms with Crippen LogP contribution in [0.1, 0.15) is 16.7 Å². The fourth-order valence-electron chi connectivity index (χ4n) is 2.39. The predicted molar refractivity (Wildman–Crippen MR) is 78.1 cm³/mol. The molecule has 1 aromatic carbocycles. The van der Waals surface area contributed by atoms with E-state index in [4.69, 9.17) is 4.74 Å². The molecule has 21 heavy (non-hydrogen) atoms. The second kappa shape index (κ2) is 5.93. The number of fused-ring (bicyclic) bond motifs is 1. The number of hydrogen-bond acceptors (Lipinski definition) is 4. The van der Waals surface area contributed by atoms with Crippen molar-refractivity contribution in [2.75, 3.05) is 11.9 Å². The standard InChI is InChI=1S/C16H16N2O3/c19-10-13-2-1-6-17-16(13)18-15(20)9-11-3-4-14-12(8-11)5-7-21-14/h1-4,6,8,19H,5,7,9-10H2,(H,17,18,20). The molecule has 0 saturated heterocycles. The van der Waals surface area contributed by atoms with E-state index in [0.29, 0.717) is 18.0 Å². The molecule has 0 aliphatic carbocycles. The minimum absolute atomic E-state index is 0.151. The predicted octanol–water partition coefficient (Wildman–Crippen LogP) is 1.69. The van der Waals surface area contributed by atoms with Crippen LogP contribution >= 0.6 is 0 Å². The molecule has 0 radical (unpaired) electrons. The van der Waals surface area contributed by atoms with E-state index in [0.717, 1.165) is 23.3 Å². The Morgan fingerprint density at radius 1 is 1.38 bits per heavy atom. The Kier molecular flexibility index (Phi) is 3.83. The minimum atomic E-state index is -0.153. The number of amides is 1. The lowest BCUT2D eigenvalue weighted by molar-refractivity contribution is -0.115. The lowest BCUT2D eigenvalue weighted by Gasteiger charge is -2.08. The highest BCUT2D eigenvalue weighted by Crippen LogP contribution is 2.26. The zero-order valence-electron chi connectivity index (χ0n) is 11.5. The van der Waals surface area contributed by atoms with Crippen molar-refractivity contribution in [2.24, 2.45) is 0 Å². The first-order valence-corrected chi connectivity index (χ1v) is 6.85. The van der Waals surface area contributed by atoms with Crippen molar-refractivity contribution in [1.82, 2.24) is 4.98 Å². The van der Waals surface area contributed by atoms with Crippen LogP contribution in [-0.4, -0.2) is 22.6 Å². The second-order valence-electron chi connectivity index (χ2n) is 4.93. The molecule has 2 N–H and O–H groups in total. The number of carbonyl (C=O) groups excluding carboxylic acids is 1. The Balaban J connectivity index is 1.69. The maximum absolute atomic E-state index is 12.1. The lowest BCUT2D eigenvalue weighted by Crippen LogP contribution is -2.16. The van der Waals surface area contributed by atoms with E-state index in [1.165, 1.54) is 0 Å². The first-order valence-electron chi connectivity index (χ1n) is 6.85. The van der Waals surface area contributed by atoms with E-state index in [1.54, 1.807) is 18.3 Å². The van der Waals surface area contributed by atoms with Gasteiger partial charge >= 0.3 is 0 Å². The van der Waals surface area contributed by atoms with Gasteiger partial charge in [0, 0.05) is 18.2 Å². The van der Waals surface area contributed by atoms with Crippen LogP contribution in [0.3, 0.4) is 0 Å². The molecule has 0 bridgehead atoms. The average Bonchev–Trinajstić information content (AvgIpc) is 2.95. The van der Waals surface area contributed by atoms with Gasteiger partial charge in [-0.25, -0.2) is 4.98 Å². The van der Waals surface area contributed by atoms with E-state index in [2.05, 4.69) is 10.3 Å². The fraction of sp³-hybridized carbons (Fsp3) is 0.250. The molecule has 0 atom stereocenters. The molecule has 1 aliphatic heterocycles. The van der Waals surface area contributed by atoms with Crippen LogP contribution in [0.15, 0.2) is 36.5 Å². The van der Waals surface area contributed by atoms with Crippen LogP contribution < -0.4 is 10.1 Å². The topological polar surface area (TPSA) is 71.5 Å². The number of nitrogens with one attached hydrogen (secondary N) is 1. The van der Waals surface area contributed by atoms with Gasteiger partial charge in [-0.05, 0) is 23.3 Å². The number of hydrogen-bond donors (Lipinski definition) is 2. The Bertz CT molecular complexity index is 670. The molecule has 108 valence electrons. The highest BCUT2D eigenvalue weighted by atomic mass is 16.5. The van der Waals surface area contributed by atoms with Crippen molar-refractivity contribution in [3.63, 3.8) is 0 Å². The van der Waals surface area contributed by atoms with Crippen LogP contribution in [0.25, 0.3) is 0 Å². The van der Waals surface area contributed by atoms with E-state index < -0.39 is 0 Å². The van der Waals surface area contributed by atoms with Crippen LogP contribution in [0.2, 0.25) is 0 Å². The van der Waals surface area contributed by atoms with Crippen molar-refractivity contribution in [1.29, 1.82) is 0 Å². The third-order valence-corrected chi connectivity index (χ3v) is 3.44. The highest BCUT2D eigenvalue weighted by Gasteiger charge is 2.14. The molecular formula is C16H16N2O3. The highest BCUT2D eigenvalue weighted by molar-refractivity contribution is 5.92. The monoisotopic (exact) mass is 284 g/mol. The number of pyridine rings is 1. The number of nitrogens with zero attached hydrogens (tertiary/aromatic N) is 1. The summed E-state index contributed by atoms with van der Waals surface area (Å²) in [6.07, 6.45) is 2.75. The summed E-state index contributed by atoms with van der Waals surface area (Å²) in [4.78, 5) is 16.2. The molecule has 3 rings (SSSR count). The summed E-state index contributed by atoms with van der Waals surface area (Å²) >= 11 is 0. The second-order valence-corrected chi connectivity index (χ2v) is 4.93. The van der Waals surface area contributed by atoms with Gasteiger partial charge in [0.1, 0.15) is 11.6 Å². The lowest BCUT2D eigenvalue weighted by atomic mass is 10.1. The quantitative estimate of drug-likeness (QED) is 0.896. The van der Waals surface area contributed by atoms with E-state index in [-0.39, 0.29) is 18.9 Å². The van der Waals surface area contributed by atoms with Gasteiger partial charge in [-0.2, -0.15) is 0 Å². The van der Waals surface area contributed by atoms with Crippen molar-refractivity contribution in [3.8, 4) is 5.75 Å². The van der Waals surface area contributed by atoms with Gasteiger partial charge in [0.05, 0.1) is 19.6 Å². The number of carbonyl (C=O) groups is 1. The molecule has 1 aromatic heterocycles. The largest absolute Gasteiger partial charge is 0.493 e. The molecule has 2 heterocycles. The van der Waals surface area contributed by atoms with Crippen LogP contribution in [0.4, 0.5) is 5.82 Å². The van der Waals surface area contributed by atoms with Gasteiger partial charge in [-0.1, -0.05) is 18.2 Å². The Morgan fingerprint density at radius 3 is 3.14 bits per heavy atom. The van der Waals surface area contributed by atoms with Gasteiger partial charge in [0.2, 0.25) is 5.91 Å². The molecular weight excluding hydrogens is 268 g/mol. The number of anilines is 1. The van der Waals surface area contributed by atoms with Crippen LogP contribution in [-0.2, 0) is 24.2 Å². The van der Waals surface area contributed by atoms with Crippen LogP contribution in [0.5, 0.6) is 5.75 Å². The maximum atomic E-state index is 12.1. The summed E-state index contributed by atoms with van der Waals surface area (Å²) in [5.74, 6) is 1.17. The Labute approximate surface area is 122 Å². The molecule has 0 fully saturated rings. The maximum Gasteiger partial charge on any atom is 0.229 e. The van der Waals surface area contributed by atoms with Gasteiger partial charge in [-0.3, -0.25) is 4.79 Å². The van der Waals surface area contributed by atoms with Gasteiger partial charge < -0.3 is 15.2 Å². The summed E-state index contributed by atoms with van der Waals surface area (Å²) in [6, 6.07) is 9.27. The Hall–Kier alpha value is -2.40. The van der Waals surface area contributed by atoms with E-state index >= 15 is 0 Å². The summed E-state index contributed by atoms with van der Waals surface area (Å²) in [5, 5.41) is 12.0. The van der Waals surface area contributed by atoms with Crippen molar-refractivity contribution in [2.45, 2.75) is 19.4 Å². The summed E-state index contributed by atoms with van der Waals surface area (Å²) in [6.45, 7) is 0.554. The third-order valence-electron chi connectivity index (χ3n) is 3.44. The zero-order chi connectivity index (χ0) is 14.7. The number of aromatic nitrogens is 1. The first kappa shape index (κ1) is 13.6. The first-order chi connectivity index (χ1) is 10.3.